The molecule has 0 amide bonds. The first kappa shape index (κ1) is 20.2. The Balaban J connectivity index is 0.00000225. The van der Waals surface area contributed by atoms with E-state index in [0.717, 1.165) is 71.3 Å². The van der Waals surface area contributed by atoms with Crippen LogP contribution in [0.5, 0.6) is 0 Å². The molecule has 1 aromatic rings. The molecular weight excluding hydrogens is 436 g/mol. The van der Waals surface area contributed by atoms with Crippen LogP contribution in [0.25, 0.3) is 0 Å². The second-order valence-electron chi connectivity index (χ2n) is 6.14. The van der Waals surface area contributed by atoms with E-state index in [1.54, 1.807) is 0 Å². The van der Waals surface area contributed by atoms with Crippen molar-refractivity contribution >= 4 is 35.6 Å². The van der Waals surface area contributed by atoms with Gasteiger partial charge in [-0.2, -0.15) is 0 Å². The number of nitrogens with two attached hydrogens (primary N) is 1. The van der Waals surface area contributed by atoms with E-state index >= 15 is 0 Å². The number of aliphatic imine (C=N–C) groups is 1. The standard InChI is InChI=1S/C17H26FN5O.HI/c18-15-1-3-16(4-2-15)22-9-7-21(8-10-22)6-5-20-17(19)23-11-13-24-14-12-23;/h1-4H,5-14H2,(H2,19,20);1H. The summed E-state index contributed by atoms with van der Waals surface area (Å²) in [6.45, 7) is 8.62. The van der Waals surface area contributed by atoms with Gasteiger partial charge in [0.05, 0.1) is 19.8 Å². The first-order chi connectivity index (χ1) is 11.7. The highest BCUT2D eigenvalue weighted by atomic mass is 127. The van der Waals surface area contributed by atoms with Crippen LogP contribution in [0.15, 0.2) is 29.3 Å². The average Bonchev–Trinajstić information content (AvgIpc) is 2.64. The highest BCUT2D eigenvalue weighted by molar-refractivity contribution is 14.0. The van der Waals surface area contributed by atoms with Gasteiger partial charge in [0, 0.05) is 51.5 Å². The number of morpholine rings is 1. The second-order valence-corrected chi connectivity index (χ2v) is 6.14. The summed E-state index contributed by atoms with van der Waals surface area (Å²) in [7, 11) is 0. The summed E-state index contributed by atoms with van der Waals surface area (Å²) < 4.78 is 18.3. The third-order valence-corrected chi connectivity index (χ3v) is 4.59. The minimum atomic E-state index is -0.187. The second kappa shape index (κ2) is 10.1. The van der Waals surface area contributed by atoms with E-state index in [1.807, 2.05) is 12.1 Å². The quantitative estimate of drug-likeness (QED) is 0.414. The van der Waals surface area contributed by atoms with Crippen LogP contribution < -0.4 is 10.6 Å². The fourth-order valence-electron chi connectivity index (χ4n) is 3.08. The molecule has 6 nitrogen and oxygen atoms in total. The Kier molecular flexibility index (Phi) is 8.17. The van der Waals surface area contributed by atoms with Crippen molar-refractivity contribution in [2.75, 3.05) is 70.5 Å². The normalized spacial score (nSPS) is 19.6. The van der Waals surface area contributed by atoms with E-state index in [1.165, 1.54) is 12.1 Å². The van der Waals surface area contributed by atoms with E-state index in [2.05, 4.69) is 19.7 Å². The molecule has 140 valence electrons. The molecule has 0 radical (unpaired) electrons. The molecule has 2 saturated heterocycles. The van der Waals surface area contributed by atoms with Crippen molar-refractivity contribution in [2.45, 2.75) is 0 Å². The fraction of sp³-hybridized carbons (Fsp3) is 0.588. The van der Waals surface area contributed by atoms with Crippen molar-refractivity contribution in [2.24, 2.45) is 10.7 Å². The van der Waals surface area contributed by atoms with Crippen LogP contribution in [0.3, 0.4) is 0 Å². The van der Waals surface area contributed by atoms with Gasteiger partial charge in [0.1, 0.15) is 5.82 Å². The van der Waals surface area contributed by atoms with Crippen molar-refractivity contribution in [1.29, 1.82) is 0 Å². The highest BCUT2D eigenvalue weighted by Crippen LogP contribution is 2.16. The van der Waals surface area contributed by atoms with E-state index in [4.69, 9.17) is 10.5 Å². The minimum absolute atomic E-state index is 0. The van der Waals surface area contributed by atoms with Gasteiger partial charge in [0.2, 0.25) is 0 Å². The number of hydrogen-bond donors (Lipinski definition) is 1. The number of halogens is 2. The van der Waals surface area contributed by atoms with E-state index < -0.39 is 0 Å². The van der Waals surface area contributed by atoms with Crippen LogP contribution in [0.2, 0.25) is 0 Å². The van der Waals surface area contributed by atoms with Gasteiger partial charge in [-0.15, -0.1) is 24.0 Å². The lowest BCUT2D eigenvalue weighted by Crippen LogP contribution is -2.47. The van der Waals surface area contributed by atoms with Crippen LogP contribution >= 0.6 is 24.0 Å². The SMILES string of the molecule is I.NC(=NCCN1CCN(c2ccc(F)cc2)CC1)N1CCOCC1. The Morgan fingerprint density at radius 2 is 1.68 bits per heavy atom. The number of anilines is 1. The molecule has 0 spiro atoms. The maximum Gasteiger partial charge on any atom is 0.191 e. The van der Waals surface area contributed by atoms with Crippen molar-refractivity contribution in [3.63, 3.8) is 0 Å². The average molecular weight is 463 g/mol. The molecule has 2 aliphatic heterocycles. The minimum Gasteiger partial charge on any atom is -0.378 e. The predicted octanol–water partition coefficient (Wildman–Crippen LogP) is 1.21. The molecule has 0 aromatic heterocycles. The summed E-state index contributed by atoms with van der Waals surface area (Å²) in [6.07, 6.45) is 0. The summed E-state index contributed by atoms with van der Waals surface area (Å²) in [5.41, 5.74) is 7.13. The Bertz CT molecular complexity index is 542. The summed E-state index contributed by atoms with van der Waals surface area (Å²) >= 11 is 0. The van der Waals surface area contributed by atoms with Gasteiger partial charge in [-0.25, -0.2) is 4.39 Å². The molecular formula is C17H27FIN5O. The molecule has 2 fully saturated rings. The lowest BCUT2D eigenvalue weighted by atomic mass is 10.2. The van der Waals surface area contributed by atoms with Crippen molar-refractivity contribution in [1.82, 2.24) is 9.80 Å². The van der Waals surface area contributed by atoms with Gasteiger partial charge >= 0.3 is 0 Å². The third kappa shape index (κ3) is 5.96. The first-order valence-corrected chi connectivity index (χ1v) is 8.58. The summed E-state index contributed by atoms with van der Waals surface area (Å²) in [5, 5.41) is 0. The largest absolute Gasteiger partial charge is 0.378 e. The Labute approximate surface area is 165 Å². The zero-order valence-electron chi connectivity index (χ0n) is 14.4. The molecule has 2 aliphatic rings. The molecule has 0 saturated carbocycles. The molecule has 0 atom stereocenters. The number of nitrogens with zero attached hydrogens (tertiary/aromatic N) is 4. The Morgan fingerprint density at radius 3 is 2.32 bits per heavy atom. The van der Waals surface area contributed by atoms with E-state index in [9.17, 15) is 4.39 Å². The number of ether oxygens (including phenoxy) is 1. The van der Waals surface area contributed by atoms with Gasteiger partial charge in [-0.05, 0) is 24.3 Å². The molecule has 0 bridgehead atoms. The maximum atomic E-state index is 13.0. The monoisotopic (exact) mass is 463 g/mol. The van der Waals surface area contributed by atoms with Gasteiger partial charge < -0.3 is 20.3 Å². The van der Waals surface area contributed by atoms with Crippen molar-refractivity contribution < 1.29 is 9.13 Å². The number of piperazine rings is 1. The zero-order valence-corrected chi connectivity index (χ0v) is 16.8. The Morgan fingerprint density at radius 1 is 1.04 bits per heavy atom. The van der Waals surface area contributed by atoms with Crippen molar-refractivity contribution in [3.05, 3.63) is 30.1 Å². The smallest absolute Gasteiger partial charge is 0.191 e. The van der Waals surface area contributed by atoms with Gasteiger partial charge in [-0.3, -0.25) is 9.89 Å². The van der Waals surface area contributed by atoms with Gasteiger partial charge in [-0.1, -0.05) is 0 Å². The number of guanidine groups is 1. The highest BCUT2D eigenvalue weighted by Gasteiger charge is 2.17. The topological polar surface area (TPSA) is 57.3 Å². The zero-order chi connectivity index (χ0) is 16.8. The molecule has 2 heterocycles. The van der Waals surface area contributed by atoms with Crippen LogP contribution in [0.1, 0.15) is 0 Å². The maximum absolute atomic E-state index is 13.0. The van der Waals surface area contributed by atoms with E-state index in [0.29, 0.717) is 5.96 Å². The molecule has 0 aliphatic carbocycles. The molecule has 25 heavy (non-hydrogen) atoms. The third-order valence-electron chi connectivity index (χ3n) is 4.59. The molecule has 3 rings (SSSR count). The fourth-order valence-corrected chi connectivity index (χ4v) is 3.08. The van der Waals surface area contributed by atoms with Gasteiger partial charge in [0.15, 0.2) is 5.96 Å². The number of rotatable bonds is 4. The summed E-state index contributed by atoms with van der Waals surface area (Å²) in [6, 6.07) is 6.73. The molecule has 1 aromatic carbocycles. The van der Waals surface area contributed by atoms with E-state index in [-0.39, 0.29) is 29.8 Å². The number of hydrogen-bond acceptors (Lipinski definition) is 4. The van der Waals surface area contributed by atoms with Crippen LogP contribution in [-0.4, -0.2) is 81.3 Å². The van der Waals surface area contributed by atoms with Gasteiger partial charge in [0.25, 0.3) is 0 Å². The van der Waals surface area contributed by atoms with Crippen molar-refractivity contribution in [3.8, 4) is 0 Å². The molecule has 8 heteroatoms. The number of benzene rings is 1. The summed E-state index contributed by atoms with van der Waals surface area (Å²) in [5.74, 6) is 0.441. The molecule has 2 N–H and O–H groups in total. The first-order valence-electron chi connectivity index (χ1n) is 8.58. The lowest BCUT2D eigenvalue weighted by molar-refractivity contribution is 0.0674. The van der Waals surface area contributed by atoms with Crippen LogP contribution in [0, 0.1) is 5.82 Å². The van der Waals surface area contributed by atoms with Crippen LogP contribution in [0.4, 0.5) is 10.1 Å². The lowest BCUT2D eigenvalue weighted by Gasteiger charge is -2.36. The Hall–Kier alpha value is -1.13. The predicted molar refractivity (Wildman–Crippen MR) is 109 cm³/mol. The van der Waals surface area contributed by atoms with Crippen LogP contribution in [-0.2, 0) is 4.74 Å². The summed E-state index contributed by atoms with van der Waals surface area (Å²) in [4.78, 5) is 11.3. The molecule has 0 unspecified atom stereocenters.